The Morgan fingerprint density at radius 1 is 1.35 bits per heavy atom. The summed E-state index contributed by atoms with van der Waals surface area (Å²) in [5, 5.41) is 0. The minimum absolute atomic E-state index is 0.00731. The summed E-state index contributed by atoms with van der Waals surface area (Å²) in [5.41, 5.74) is -4.00. The molecule has 0 N–H and O–H groups in total. The molecule has 1 rings (SSSR count). The van der Waals surface area contributed by atoms with Crippen molar-refractivity contribution in [2.75, 3.05) is 6.26 Å². The van der Waals surface area contributed by atoms with E-state index in [1.165, 1.54) is 24.3 Å². The average Bonchev–Trinajstić information content (AvgIpc) is 2.11. The first-order chi connectivity index (χ1) is 7.66. The summed E-state index contributed by atoms with van der Waals surface area (Å²) in [5.74, 6) is 0. The molecule has 1 aromatic rings. The Labute approximate surface area is 101 Å². The van der Waals surface area contributed by atoms with Gasteiger partial charge in [0.15, 0.2) is 0 Å². The number of halogens is 3. The van der Waals surface area contributed by atoms with Crippen LogP contribution >= 0.6 is 11.8 Å². The maximum atomic E-state index is 12.1. The summed E-state index contributed by atoms with van der Waals surface area (Å²) in [6, 6.07) is 5.44. The zero-order valence-electron chi connectivity index (χ0n) is 8.69. The predicted molar refractivity (Wildman–Crippen MR) is 58.0 cm³/mol. The van der Waals surface area contributed by atoms with Crippen LogP contribution < -0.4 is 0 Å². The van der Waals surface area contributed by atoms with E-state index in [4.69, 9.17) is 0 Å². The minimum atomic E-state index is -4.36. The molecule has 0 fully saturated rings. The summed E-state index contributed by atoms with van der Waals surface area (Å²) in [6.45, 7) is -0.273. The van der Waals surface area contributed by atoms with Gasteiger partial charge in [-0.3, -0.25) is 4.18 Å². The fourth-order valence-electron chi connectivity index (χ4n) is 1.01. The van der Waals surface area contributed by atoms with Gasteiger partial charge in [0.1, 0.15) is 0 Å². The van der Waals surface area contributed by atoms with Crippen molar-refractivity contribution in [1.82, 2.24) is 0 Å². The monoisotopic (exact) mass is 286 g/mol. The highest BCUT2D eigenvalue weighted by molar-refractivity contribution is 8.00. The second-order valence-electron chi connectivity index (χ2n) is 3.16. The number of benzene rings is 1. The van der Waals surface area contributed by atoms with Gasteiger partial charge in [-0.1, -0.05) is 12.1 Å². The third-order valence-corrected chi connectivity index (χ3v) is 2.84. The highest BCUT2D eigenvalue weighted by atomic mass is 32.2. The molecule has 0 saturated carbocycles. The summed E-state index contributed by atoms with van der Waals surface area (Å²) in [6.07, 6.45) is 0.876. The molecule has 0 heterocycles. The van der Waals surface area contributed by atoms with Gasteiger partial charge in [0.25, 0.3) is 10.1 Å². The first-order valence-corrected chi connectivity index (χ1v) is 6.98. The van der Waals surface area contributed by atoms with Crippen molar-refractivity contribution in [3.05, 3.63) is 29.8 Å². The van der Waals surface area contributed by atoms with Gasteiger partial charge in [0.05, 0.1) is 12.9 Å². The van der Waals surface area contributed by atoms with Crippen molar-refractivity contribution in [2.24, 2.45) is 0 Å². The van der Waals surface area contributed by atoms with Gasteiger partial charge in [-0.2, -0.15) is 21.6 Å². The zero-order valence-corrected chi connectivity index (χ0v) is 10.3. The molecule has 0 spiro atoms. The number of alkyl halides is 3. The van der Waals surface area contributed by atoms with Gasteiger partial charge in [0.2, 0.25) is 0 Å². The second kappa shape index (κ2) is 5.28. The predicted octanol–water partition coefficient (Wildman–Crippen LogP) is 2.77. The molecule has 0 aliphatic heterocycles. The fourth-order valence-corrected chi connectivity index (χ4v) is 1.98. The molecule has 0 unspecified atom stereocenters. The standard InChI is InChI=1S/C9H9F3O3S2/c1-17(13,14)15-6-7-3-2-4-8(5-7)16-9(10,11)12/h2-5H,6H2,1H3. The Bertz CT molecular complexity index is 483. The molecule has 0 aliphatic rings. The van der Waals surface area contributed by atoms with Gasteiger partial charge < -0.3 is 0 Å². The molecule has 96 valence electrons. The normalized spacial score (nSPS) is 12.7. The van der Waals surface area contributed by atoms with E-state index in [0.29, 0.717) is 5.56 Å². The lowest BCUT2D eigenvalue weighted by atomic mass is 10.2. The molecule has 0 aliphatic carbocycles. The molecule has 0 radical (unpaired) electrons. The van der Waals surface area contributed by atoms with Crippen LogP contribution in [0.2, 0.25) is 0 Å². The molecule has 3 nitrogen and oxygen atoms in total. The highest BCUT2D eigenvalue weighted by Gasteiger charge is 2.29. The topological polar surface area (TPSA) is 43.4 Å². The molecule has 17 heavy (non-hydrogen) atoms. The van der Waals surface area contributed by atoms with Crippen molar-refractivity contribution in [2.45, 2.75) is 17.0 Å². The average molecular weight is 286 g/mol. The van der Waals surface area contributed by atoms with Crippen molar-refractivity contribution < 1.29 is 25.8 Å². The van der Waals surface area contributed by atoms with Crippen molar-refractivity contribution in [1.29, 1.82) is 0 Å². The number of thioether (sulfide) groups is 1. The van der Waals surface area contributed by atoms with E-state index in [1.54, 1.807) is 0 Å². The third-order valence-electron chi connectivity index (χ3n) is 1.57. The Morgan fingerprint density at radius 2 is 2.00 bits per heavy atom. The molecule has 0 atom stereocenters. The first-order valence-electron chi connectivity index (χ1n) is 4.35. The Hall–Kier alpha value is -0.730. The molecule has 0 saturated heterocycles. The van der Waals surface area contributed by atoms with Crippen LogP contribution in [-0.2, 0) is 20.9 Å². The van der Waals surface area contributed by atoms with Crippen LogP contribution in [0.15, 0.2) is 29.2 Å². The molecule has 0 bridgehead atoms. The maximum absolute atomic E-state index is 12.1. The molecule has 1 aromatic carbocycles. The lowest BCUT2D eigenvalue weighted by Gasteiger charge is -2.07. The SMILES string of the molecule is CS(=O)(=O)OCc1cccc(SC(F)(F)F)c1. The Balaban J connectivity index is 2.73. The van der Waals surface area contributed by atoms with Crippen LogP contribution in [0.4, 0.5) is 13.2 Å². The van der Waals surface area contributed by atoms with Gasteiger partial charge in [-0.15, -0.1) is 0 Å². The minimum Gasteiger partial charge on any atom is -0.265 e. The van der Waals surface area contributed by atoms with Crippen LogP contribution in [0, 0.1) is 0 Å². The summed E-state index contributed by atoms with van der Waals surface area (Å²) >= 11 is -0.257. The van der Waals surface area contributed by atoms with Gasteiger partial charge in [-0.05, 0) is 29.5 Å². The van der Waals surface area contributed by atoms with Crippen molar-refractivity contribution in [3.8, 4) is 0 Å². The van der Waals surface area contributed by atoms with E-state index >= 15 is 0 Å². The van der Waals surface area contributed by atoms with E-state index in [-0.39, 0.29) is 23.3 Å². The number of hydrogen-bond donors (Lipinski definition) is 0. The smallest absolute Gasteiger partial charge is 0.265 e. The lowest BCUT2D eigenvalue weighted by molar-refractivity contribution is -0.0328. The summed E-state index contributed by atoms with van der Waals surface area (Å²) < 4.78 is 62.2. The van der Waals surface area contributed by atoms with Gasteiger partial charge in [-0.25, -0.2) is 0 Å². The second-order valence-corrected chi connectivity index (χ2v) is 5.94. The van der Waals surface area contributed by atoms with Crippen LogP contribution in [-0.4, -0.2) is 20.2 Å². The van der Waals surface area contributed by atoms with Gasteiger partial charge >= 0.3 is 5.51 Å². The van der Waals surface area contributed by atoms with Crippen LogP contribution in [0.25, 0.3) is 0 Å². The highest BCUT2D eigenvalue weighted by Crippen LogP contribution is 2.36. The number of rotatable bonds is 4. The van der Waals surface area contributed by atoms with E-state index in [2.05, 4.69) is 4.18 Å². The summed E-state index contributed by atoms with van der Waals surface area (Å²) in [7, 11) is -3.60. The largest absolute Gasteiger partial charge is 0.446 e. The fraction of sp³-hybridized carbons (Fsp3) is 0.333. The van der Waals surface area contributed by atoms with E-state index in [9.17, 15) is 21.6 Å². The van der Waals surface area contributed by atoms with Crippen LogP contribution in [0.1, 0.15) is 5.56 Å². The molecule has 0 amide bonds. The van der Waals surface area contributed by atoms with Gasteiger partial charge in [0, 0.05) is 4.90 Å². The molecular weight excluding hydrogens is 277 g/mol. The zero-order chi connectivity index (χ0) is 13.1. The van der Waals surface area contributed by atoms with E-state index in [1.807, 2.05) is 0 Å². The Morgan fingerprint density at radius 3 is 2.53 bits per heavy atom. The molecular formula is C9H9F3O3S2. The van der Waals surface area contributed by atoms with Crippen molar-refractivity contribution >= 4 is 21.9 Å². The van der Waals surface area contributed by atoms with Crippen molar-refractivity contribution in [3.63, 3.8) is 0 Å². The Kier molecular flexibility index (Phi) is 4.45. The lowest BCUT2D eigenvalue weighted by Crippen LogP contribution is -2.03. The quantitative estimate of drug-likeness (QED) is 0.630. The molecule has 8 heteroatoms. The van der Waals surface area contributed by atoms with Crippen LogP contribution in [0.5, 0.6) is 0 Å². The maximum Gasteiger partial charge on any atom is 0.446 e. The first kappa shape index (κ1) is 14.3. The summed E-state index contributed by atoms with van der Waals surface area (Å²) in [4.78, 5) is -0.00731. The van der Waals surface area contributed by atoms with E-state index in [0.717, 1.165) is 6.26 Å². The van der Waals surface area contributed by atoms with Crippen LogP contribution in [0.3, 0.4) is 0 Å². The third kappa shape index (κ3) is 6.54. The molecule has 0 aromatic heterocycles. The number of hydrogen-bond acceptors (Lipinski definition) is 4. The van der Waals surface area contributed by atoms with E-state index < -0.39 is 15.6 Å².